The molecule has 1 aromatic carbocycles. The maximum atomic E-state index is 3.56. The maximum Gasteiger partial charge on any atom is 0.0999 e. The quantitative estimate of drug-likeness (QED) is 0.522. The van der Waals surface area contributed by atoms with Gasteiger partial charge in [0.25, 0.3) is 0 Å². The highest BCUT2D eigenvalue weighted by Gasteiger charge is 2.12. The molecule has 1 nitrogen and oxygen atoms in total. The van der Waals surface area contributed by atoms with Crippen LogP contribution in [-0.4, -0.2) is 4.57 Å². The van der Waals surface area contributed by atoms with Crippen LogP contribution in [0.25, 0.3) is 10.9 Å². The molecule has 0 saturated heterocycles. The van der Waals surface area contributed by atoms with Crippen molar-refractivity contribution in [1.29, 1.82) is 0 Å². The lowest BCUT2D eigenvalue weighted by molar-refractivity contribution is 0.937. The molecule has 0 bridgehead atoms. The number of benzene rings is 1. The van der Waals surface area contributed by atoms with Crippen LogP contribution >= 0.6 is 63.7 Å². The van der Waals surface area contributed by atoms with Gasteiger partial charge in [-0.2, -0.15) is 0 Å². The minimum atomic E-state index is 1.05. The van der Waals surface area contributed by atoms with Crippen LogP contribution in [0.5, 0.6) is 0 Å². The summed E-state index contributed by atoms with van der Waals surface area (Å²) in [4.78, 5) is 0. The molecule has 14 heavy (non-hydrogen) atoms. The summed E-state index contributed by atoms with van der Waals surface area (Å²) < 4.78 is 6.35. The Labute approximate surface area is 115 Å². The van der Waals surface area contributed by atoms with Crippen LogP contribution in [0.4, 0.5) is 0 Å². The fourth-order valence-electron chi connectivity index (χ4n) is 1.35. The average molecular weight is 447 g/mol. The SMILES string of the molecule is Cn1c(Br)c(Br)c2cc(Br)c(Br)cc21. The van der Waals surface area contributed by atoms with Gasteiger partial charge < -0.3 is 4.57 Å². The van der Waals surface area contributed by atoms with Crippen molar-refractivity contribution in [3.8, 4) is 0 Å². The normalized spacial score (nSPS) is 11.2. The summed E-state index contributed by atoms with van der Waals surface area (Å²) in [5, 5.41) is 1.19. The first kappa shape index (κ1) is 11.2. The third-order valence-corrected chi connectivity index (χ3v) is 6.22. The summed E-state index contributed by atoms with van der Waals surface area (Å²) in [6.07, 6.45) is 0. The van der Waals surface area contributed by atoms with Gasteiger partial charge in [0.15, 0.2) is 0 Å². The molecular weight excluding hydrogens is 442 g/mol. The third-order valence-electron chi connectivity index (χ3n) is 2.11. The van der Waals surface area contributed by atoms with E-state index < -0.39 is 0 Å². The van der Waals surface area contributed by atoms with Crippen LogP contribution < -0.4 is 0 Å². The Morgan fingerprint density at radius 3 is 2.21 bits per heavy atom. The summed E-state index contributed by atoms with van der Waals surface area (Å²) in [6.45, 7) is 0. The predicted octanol–water partition coefficient (Wildman–Crippen LogP) is 5.23. The lowest BCUT2D eigenvalue weighted by atomic mass is 10.2. The van der Waals surface area contributed by atoms with Crippen LogP contribution in [0.3, 0.4) is 0 Å². The second-order valence-corrected chi connectivity index (χ2v) is 6.20. The van der Waals surface area contributed by atoms with E-state index >= 15 is 0 Å². The number of aromatic nitrogens is 1. The Morgan fingerprint density at radius 1 is 1.00 bits per heavy atom. The van der Waals surface area contributed by atoms with Crippen LogP contribution in [0.2, 0.25) is 0 Å². The molecule has 1 heterocycles. The molecule has 2 rings (SSSR count). The van der Waals surface area contributed by atoms with E-state index in [1.807, 2.05) is 7.05 Å². The lowest BCUT2D eigenvalue weighted by Gasteiger charge is -1.99. The Balaban J connectivity index is 2.96. The fourth-order valence-corrected chi connectivity index (χ4v) is 3.02. The van der Waals surface area contributed by atoms with Gasteiger partial charge in [-0.1, -0.05) is 0 Å². The molecule has 74 valence electrons. The number of nitrogens with zero attached hydrogens (tertiary/aromatic N) is 1. The minimum absolute atomic E-state index is 1.05. The Morgan fingerprint density at radius 2 is 1.57 bits per heavy atom. The topological polar surface area (TPSA) is 4.93 Å². The van der Waals surface area contributed by atoms with Crippen molar-refractivity contribution in [2.45, 2.75) is 0 Å². The largest absolute Gasteiger partial charge is 0.337 e. The smallest absolute Gasteiger partial charge is 0.0999 e. The second-order valence-electron chi connectivity index (χ2n) is 2.95. The van der Waals surface area contributed by atoms with Gasteiger partial charge in [0.2, 0.25) is 0 Å². The van der Waals surface area contributed by atoms with Crippen molar-refractivity contribution in [2.75, 3.05) is 0 Å². The molecule has 0 aliphatic carbocycles. The van der Waals surface area contributed by atoms with Gasteiger partial charge in [-0.3, -0.25) is 0 Å². The average Bonchev–Trinajstić information content (AvgIpc) is 2.34. The monoisotopic (exact) mass is 443 g/mol. The highest BCUT2D eigenvalue weighted by Crippen LogP contribution is 2.38. The van der Waals surface area contributed by atoms with E-state index in [1.165, 1.54) is 10.9 Å². The van der Waals surface area contributed by atoms with Gasteiger partial charge in [-0.15, -0.1) is 0 Å². The molecule has 5 heteroatoms. The first-order valence-corrected chi connectivity index (χ1v) is 6.98. The van der Waals surface area contributed by atoms with E-state index in [9.17, 15) is 0 Å². The molecule has 0 amide bonds. The molecular formula is C9H5Br4N. The second kappa shape index (κ2) is 3.92. The molecule has 1 aromatic heterocycles. The number of fused-ring (bicyclic) bond motifs is 1. The van der Waals surface area contributed by atoms with E-state index in [0.29, 0.717) is 0 Å². The first-order chi connectivity index (χ1) is 6.52. The molecule has 0 aliphatic rings. The van der Waals surface area contributed by atoms with Gasteiger partial charge in [-0.05, 0) is 75.9 Å². The molecule has 0 spiro atoms. The van der Waals surface area contributed by atoms with Crippen LogP contribution in [-0.2, 0) is 7.05 Å². The van der Waals surface area contributed by atoms with Crippen molar-refractivity contribution in [3.63, 3.8) is 0 Å². The number of halogens is 4. The molecule has 0 atom stereocenters. The summed E-state index contributed by atoms with van der Waals surface area (Å²) in [5.41, 5.74) is 1.18. The Kier molecular flexibility index (Phi) is 3.13. The maximum absolute atomic E-state index is 3.56. The number of aryl methyl sites for hydroxylation is 1. The standard InChI is InChI=1S/C9H5Br4N/c1-14-7-3-6(11)5(10)2-4(7)8(12)9(14)13/h2-3H,1H3. The van der Waals surface area contributed by atoms with E-state index in [2.05, 4.69) is 80.4 Å². The number of hydrogen-bond donors (Lipinski definition) is 0. The van der Waals surface area contributed by atoms with Gasteiger partial charge >= 0.3 is 0 Å². The summed E-state index contributed by atoms with van der Waals surface area (Å²) in [5.74, 6) is 0. The van der Waals surface area contributed by atoms with Crippen molar-refractivity contribution in [1.82, 2.24) is 4.57 Å². The van der Waals surface area contributed by atoms with E-state index in [0.717, 1.165) is 18.0 Å². The zero-order valence-electron chi connectivity index (χ0n) is 7.11. The van der Waals surface area contributed by atoms with Crippen molar-refractivity contribution in [2.24, 2.45) is 7.05 Å². The van der Waals surface area contributed by atoms with Gasteiger partial charge in [0.1, 0.15) is 0 Å². The fraction of sp³-hybridized carbons (Fsp3) is 0.111. The molecule has 2 aromatic rings. The van der Waals surface area contributed by atoms with Gasteiger partial charge in [0.05, 0.1) is 14.6 Å². The zero-order valence-corrected chi connectivity index (χ0v) is 13.5. The summed E-state index contributed by atoms with van der Waals surface area (Å²) in [7, 11) is 2.03. The van der Waals surface area contributed by atoms with E-state index in [1.54, 1.807) is 0 Å². The third kappa shape index (κ3) is 1.62. The number of hydrogen-bond acceptors (Lipinski definition) is 0. The number of rotatable bonds is 0. The zero-order chi connectivity index (χ0) is 10.5. The van der Waals surface area contributed by atoms with Crippen LogP contribution in [0.1, 0.15) is 0 Å². The van der Waals surface area contributed by atoms with E-state index in [-0.39, 0.29) is 0 Å². The van der Waals surface area contributed by atoms with Crippen molar-refractivity contribution in [3.05, 3.63) is 30.2 Å². The first-order valence-electron chi connectivity index (χ1n) is 3.81. The summed E-state index contributed by atoms with van der Waals surface area (Å²) in [6, 6.07) is 4.18. The Bertz CT molecular complexity index is 470. The predicted molar refractivity (Wildman–Crippen MR) is 73.7 cm³/mol. The molecule has 0 N–H and O–H groups in total. The summed E-state index contributed by atoms with van der Waals surface area (Å²) >= 11 is 14.1. The molecule has 0 aliphatic heterocycles. The minimum Gasteiger partial charge on any atom is -0.337 e. The van der Waals surface area contributed by atoms with E-state index in [4.69, 9.17) is 0 Å². The molecule has 0 fully saturated rings. The molecule has 0 saturated carbocycles. The van der Waals surface area contributed by atoms with Gasteiger partial charge in [-0.25, -0.2) is 0 Å². The molecule has 0 radical (unpaired) electrons. The Hall–Kier alpha value is 0.680. The van der Waals surface area contributed by atoms with Crippen LogP contribution in [0.15, 0.2) is 30.2 Å². The van der Waals surface area contributed by atoms with Crippen molar-refractivity contribution >= 4 is 74.6 Å². The van der Waals surface area contributed by atoms with Gasteiger partial charge in [0, 0.05) is 21.4 Å². The molecule has 0 unspecified atom stereocenters. The van der Waals surface area contributed by atoms with Crippen LogP contribution in [0, 0.1) is 0 Å². The highest BCUT2D eigenvalue weighted by molar-refractivity contribution is 9.13. The van der Waals surface area contributed by atoms with Crippen molar-refractivity contribution < 1.29 is 0 Å². The highest BCUT2D eigenvalue weighted by atomic mass is 79.9. The lowest BCUT2D eigenvalue weighted by Crippen LogP contribution is -1.86.